The molecule has 1 amide bonds. The number of carbonyl (C=O) groups is 1. The van der Waals surface area contributed by atoms with Crippen molar-refractivity contribution in [1.29, 1.82) is 0 Å². The normalized spacial score (nSPS) is 10.7. The molecule has 0 aliphatic carbocycles. The summed E-state index contributed by atoms with van der Waals surface area (Å²) in [7, 11) is 0. The molecular formula is C15H10FN3O. The van der Waals surface area contributed by atoms with Crippen molar-refractivity contribution >= 4 is 16.9 Å². The third kappa shape index (κ3) is 2.09. The minimum atomic E-state index is -0.554. The number of benzene rings is 2. The topological polar surface area (TPSA) is 68.9 Å². The minimum Gasteiger partial charge on any atom is -0.366 e. The van der Waals surface area contributed by atoms with Crippen LogP contribution in [0.2, 0.25) is 0 Å². The van der Waals surface area contributed by atoms with E-state index in [1.807, 2.05) is 0 Å². The molecule has 0 aliphatic heterocycles. The Labute approximate surface area is 114 Å². The molecule has 0 saturated carbocycles. The Morgan fingerprint density at radius 2 is 1.85 bits per heavy atom. The van der Waals surface area contributed by atoms with Crippen molar-refractivity contribution in [1.82, 2.24) is 9.97 Å². The van der Waals surface area contributed by atoms with Gasteiger partial charge in [-0.15, -0.1) is 0 Å². The van der Waals surface area contributed by atoms with Crippen LogP contribution in [0.5, 0.6) is 0 Å². The Bertz CT molecular complexity index is 800. The summed E-state index contributed by atoms with van der Waals surface area (Å²) in [6, 6.07) is 11.0. The Morgan fingerprint density at radius 3 is 2.55 bits per heavy atom. The van der Waals surface area contributed by atoms with Gasteiger partial charge in [-0.2, -0.15) is 0 Å². The molecule has 3 aromatic rings. The molecule has 98 valence electrons. The molecule has 0 fully saturated rings. The van der Waals surface area contributed by atoms with Gasteiger partial charge < -0.3 is 5.73 Å². The lowest BCUT2D eigenvalue weighted by Crippen LogP contribution is -2.12. The van der Waals surface area contributed by atoms with Gasteiger partial charge in [0.1, 0.15) is 11.3 Å². The Hall–Kier alpha value is -2.82. The van der Waals surface area contributed by atoms with Gasteiger partial charge in [0.05, 0.1) is 23.0 Å². The lowest BCUT2D eigenvalue weighted by molar-refractivity contribution is 0.100. The van der Waals surface area contributed by atoms with Crippen LogP contribution >= 0.6 is 0 Å². The first-order valence-electron chi connectivity index (χ1n) is 5.96. The van der Waals surface area contributed by atoms with Gasteiger partial charge in [0.2, 0.25) is 0 Å². The second-order valence-corrected chi connectivity index (χ2v) is 4.30. The van der Waals surface area contributed by atoms with Crippen LogP contribution in [0.3, 0.4) is 0 Å². The highest BCUT2D eigenvalue weighted by molar-refractivity contribution is 6.04. The molecule has 1 aromatic heterocycles. The van der Waals surface area contributed by atoms with Gasteiger partial charge in [-0.05, 0) is 36.4 Å². The van der Waals surface area contributed by atoms with Gasteiger partial charge in [-0.3, -0.25) is 9.78 Å². The zero-order valence-corrected chi connectivity index (χ0v) is 10.4. The largest absolute Gasteiger partial charge is 0.366 e. The number of primary amides is 1. The average Bonchev–Trinajstić information content (AvgIpc) is 2.46. The van der Waals surface area contributed by atoms with Crippen LogP contribution in [0.25, 0.3) is 22.3 Å². The summed E-state index contributed by atoms with van der Waals surface area (Å²) in [5.41, 5.74) is 7.97. The first kappa shape index (κ1) is 12.2. The van der Waals surface area contributed by atoms with Crippen molar-refractivity contribution in [2.75, 3.05) is 0 Å². The number of nitrogens with two attached hydrogens (primary N) is 1. The fourth-order valence-electron chi connectivity index (χ4n) is 1.99. The minimum absolute atomic E-state index is 0.318. The van der Waals surface area contributed by atoms with E-state index in [1.165, 1.54) is 12.1 Å². The summed E-state index contributed by atoms with van der Waals surface area (Å²) in [5.74, 6) is -0.874. The number of para-hydroxylation sites is 1. The van der Waals surface area contributed by atoms with Gasteiger partial charge >= 0.3 is 0 Å². The molecule has 5 heteroatoms. The fourth-order valence-corrected chi connectivity index (χ4v) is 1.99. The van der Waals surface area contributed by atoms with Crippen LogP contribution in [0, 0.1) is 5.82 Å². The zero-order valence-electron chi connectivity index (χ0n) is 10.4. The Kier molecular flexibility index (Phi) is 2.87. The second kappa shape index (κ2) is 4.70. The molecule has 0 unspecified atom stereocenters. The summed E-state index contributed by atoms with van der Waals surface area (Å²) in [6.45, 7) is 0. The standard InChI is InChI=1S/C15H10FN3O/c16-10-6-4-9(5-7-10)13-8-18-12-3-1-2-11(15(17)20)14(12)19-13/h1-8H,(H2,17,20). The van der Waals surface area contributed by atoms with Crippen LogP contribution in [-0.4, -0.2) is 15.9 Å². The number of fused-ring (bicyclic) bond motifs is 1. The maximum absolute atomic E-state index is 12.9. The van der Waals surface area contributed by atoms with E-state index in [0.29, 0.717) is 22.3 Å². The Balaban J connectivity index is 2.21. The van der Waals surface area contributed by atoms with E-state index in [-0.39, 0.29) is 5.82 Å². The van der Waals surface area contributed by atoms with Crippen molar-refractivity contribution in [3.63, 3.8) is 0 Å². The maximum Gasteiger partial charge on any atom is 0.250 e. The molecule has 2 aromatic carbocycles. The summed E-state index contributed by atoms with van der Waals surface area (Å²) in [4.78, 5) is 20.1. The van der Waals surface area contributed by atoms with Crippen LogP contribution in [0.15, 0.2) is 48.7 Å². The van der Waals surface area contributed by atoms with Crippen LogP contribution in [0.4, 0.5) is 4.39 Å². The predicted molar refractivity (Wildman–Crippen MR) is 73.4 cm³/mol. The first-order chi connectivity index (χ1) is 9.65. The number of hydrogen-bond acceptors (Lipinski definition) is 3. The molecule has 0 bridgehead atoms. The number of carbonyl (C=O) groups excluding carboxylic acids is 1. The smallest absolute Gasteiger partial charge is 0.250 e. The van der Waals surface area contributed by atoms with Gasteiger partial charge in [-0.1, -0.05) is 6.07 Å². The molecule has 0 atom stereocenters. The van der Waals surface area contributed by atoms with E-state index in [9.17, 15) is 9.18 Å². The second-order valence-electron chi connectivity index (χ2n) is 4.30. The molecule has 0 radical (unpaired) electrons. The molecule has 0 saturated heterocycles. The fraction of sp³-hybridized carbons (Fsp3) is 0. The van der Waals surface area contributed by atoms with Gasteiger partial charge in [0, 0.05) is 5.56 Å². The summed E-state index contributed by atoms with van der Waals surface area (Å²) in [5, 5.41) is 0. The SMILES string of the molecule is NC(=O)c1cccc2ncc(-c3ccc(F)cc3)nc12. The highest BCUT2D eigenvalue weighted by atomic mass is 19.1. The lowest BCUT2D eigenvalue weighted by atomic mass is 10.1. The number of rotatable bonds is 2. The zero-order chi connectivity index (χ0) is 14.1. The number of hydrogen-bond donors (Lipinski definition) is 1. The van der Waals surface area contributed by atoms with Crippen LogP contribution < -0.4 is 5.73 Å². The van der Waals surface area contributed by atoms with Crippen LogP contribution in [-0.2, 0) is 0 Å². The quantitative estimate of drug-likeness (QED) is 0.775. The molecule has 0 aliphatic rings. The van der Waals surface area contributed by atoms with E-state index in [4.69, 9.17) is 5.73 Å². The van der Waals surface area contributed by atoms with E-state index < -0.39 is 5.91 Å². The molecule has 1 heterocycles. The van der Waals surface area contributed by atoms with Gasteiger partial charge in [0.25, 0.3) is 5.91 Å². The van der Waals surface area contributed by atoms with Gasteiger partial charge in [-0.25, -0.2) is 9.37 Å². The lowest BCUT2D eigenvalue weighted by Gasteiger charge is -2.05. The molecule has 0 spiro atoms. The number of amides is 1. The van der Waals surface area contributed by atoms with Crippen molar-refractivity contribution in [2.45, 2.75) is 0 Å². The molecule has 3 rings (SSSR count). The van der Waals surface area contributed by atoms with E-state index in [2.05, 4.69) is 9.97 Å². The van der Waals surface area contributed by atoms with Crippen molar-refractivity contribution in [3.8, 4) is 11.3 Å². The van der Waals surface area contributed by atoms with Gasteiger partial charge in [0.15, 0.2) is 0 Å². The Morgan fingerprint density at radius 1 is 1.10 bits per heavy atom. The van der Waals surface area contributed by atoms with E-state index in [0.717, 1.165) is 5.56 Å². The molecular weight excluding hydrogens is 257 g/mol. The highest BCUT2D eigenvalue weighted by Gasteiger charge is 2.10. The third-order valence-corrected chi connectivity index (χ3v) is 2.98. The molecule has 20 heavy (non-hydrogen) atoms. The number of nitrogens with zero attached hydrogens (tertiary/aromatic N) is 2. The summed E-state index contributed by atoms with van der Waals surface area (Å²) >= 11 is 0. The van der Waals surface area contributed by atoms with Crippen molar-refractivity contribution in [2.24, 2.45) is 5.73 Å². The van der Waals surface area contributed by atoms with E-state index >= 15 is 0 Å². The first-order valence-corrected chi connectivity index (χ1v) is 5.96. The monoisotopic (exact) mass is 267 g/mol. The third-order valence-electron chi connectivity index (χ3n) is 2.98. The molecule has 2 N–H and O–H groups in total. The van der Waals surface area contributed by atoms with Crippen molar-refractivity contribution in [3.05, 3.63) is 60.0 Å². The average molecular weight is 267 g/mol. The number of halogens is 1. The van der Waals surface area contributed by atoms with E-state index in [1.54, 1.807) is 36.5 Å². The highest BCUT2D eigenvalue weighted by Crippen LogP contribution is 2.21. The summed E-state index contributed by atoms with van der Waals surface area (Å²) < 4.78 is 12.9. The van der Waals surface area contributed by atoms with Crippen molar-refractivity contribution < 1.29 is 9.18 Å². The maximum atomic E-state index is 12.9. The van der Waals surface area contributed by atoms with Crippen LogP contribution in [0.1, 0.15) is 10.4 Å². The summed E-state index contributed by atoms with van der Waals surface area (Å²) in [6.07, 6.45) is 1.58. The predicted octanol–water partition coefficient (Wildman–Crippen LogP) is 2.53. The number of aromatic nitrogens is 2. The molecule has 4 nitrogen and oxygen atoms in total.